The summed E-state index contributed by atoms with van der Waals surface area (Å²) in [6.45, 7) is 5.81. The lowest BCUT2D eigenvalue weighted by Gasteiger charge is -2.32. The number of hydrogen-bond acceptors (Lipinski definition) is 4. The highest BCUT2D eigenvalue weighted by Gasteiger charge is 2.58. The first-order valence-electron chi connectivity index (χ1n) is 8.32. The van der Waals surface area contributed by atoms with Crippen LogP contribution in [0.5, 0.6) is 0 Å². The predicted molar refractivity (Wildman–Crippen MR) is 78.6 cm³/mol. The van der Waals surface area contributed by atoms with Gasteiger partial charge in [0, 0.05) is 19.0 Å². The monoisotopic (exact) mass is 294 g/mol. The van der Waals surface area contributed by atoms with Gasteiger partial charge in [0.05, 0.1) is 12.5 Å². The maximum Gasteiger partial charge on any atom is 0.309 e. The van der Waals surface area contributed by atoms with Crippen LogP contribution >= 0.6 is 0 Å². The Balaban J connectivity index is 1.49. The Hall–Kier alpha value is -1.10. The van der Waals surface area contributed by atoms with Crippen LogP contribution in [0.3, 0.4) is 0 Å². The number of carbonyl (C=O) groups excluding carboxylic acids is 2. The van der Waals surface area contributed by atoms with Crippen LogP contribution in [0, 0.1) is 17.3 Å². The van der Waals surface area contributed by atoms with E-state index in [0.29, 0.717) is 31.0 Å². The molecule has 118 valence electrons. The van der Waals surface area contributed by atoms with Crippen molar-refractivity contribution in [2.45, 2.75) is 39.0 Å². The highest BCUT2D eigenvalue weighted by Crippen LogP contribution is 2.59. The summed E-state index contributed by atoms with van der Waals surface area (Å²) in [5.41, 5.74) is 0.306. The summed E-state index contributed by atoms with van der Waals surface area (Å²) in [5.74, 6) is 0.477. The minimum absolute atomic E-state index is 0.0129. The van der Waals surface area contributed by atoms with Crippen LogP contribution in [0.4, 0.5) is 0 Å². The highest BCUT2D eigenvalue weighted by molar-refractivity contribution is 5.83. The minimum atomic E-state index is -0.0918. The normalized spacial score (nSPS) is 28.4. The van der Waals surface area contributed by atoms with Crippen LogP contribution in [0.2, 0.25) is 0 Å². The minimum Gasteiger partial charge on any atom is -0.466 e. The molecule has 3 fully saturated rings. The fourth-order valence-electron chi connectivity index (χ4n) is 3.99. The van der Waals surface area contributed by atoms with Gasteiger partial charge in [0.25, 0.3) is 0 Å². The number of amides is 1. The van der Waals surface area contributed by atoms with E-state index >= 15 is 0 Å². The maximum atomic E-state index is 12.6. The van der Waals surface area contributed by atoms with Gasteiger partial charge in [-0.15, -0.1) is 0 Å². The smallest absolute Gasteiger partial charge is 0.309 e. The van der Waals surface area contributed by atoms with E-state index in [1.807, 2.05) is 11.8 Å². The molecule has 1 spiro atoms. The molecule has 2 saturated heterocycles. The molecule has 1 saturated carbocycles. The second kappa shape index (κ2) is 5.95. The molecule has 3 aliphatic rings. The lowest BCUT2D eigenvalue weighted by atomic mass is 9.91. The Bertz CT molecular complexity index is 410. The van der Waals surface area contributed by atoms with Gasteiger partial charge in [-0.2, -0.15) is 0 Å². The standard InChI is InChI=1S/C16H26N2O3/c1-2-21-15(20)12-3-9-18(10-4-12)14(19)13-11-16(13)5-7-17-8-6-16/h12-13,17H,2-11H2,1H3. The summed E-state index contributed by atoms with van der Waals surface area (Å²) < 4.78 is 5.08. The molecule has 1 N–H and O–H groups in total. The maximum absolute atomic E-state index is 12.6. The number of hydrogen-bond donors (Lipinski definition) is 1. The SMILES string of the molecule is CCOC(=O)C1CCN(C(=O)C2CC23CCNCC3)CC1. The number of esters is 1. The van der Waals surface area contributed by atoms with Crippen LogP contribution < -0.4 is 5.32 Å². The molecule has 5 nitrogen and oxygen atoms in total. The van der Waals surface area contributed by atoms with E-state index in [1.54, 1.807) is 0 Å². The molecule has 0 aromatic carbocycles. The number of ether oxygens (including phenoxy) is 1. The summed E-state index contributed by atoms with van der Waals surface area (Å²) in [5, 5.41) is 3.37. The van der Waals surface area contributed by atoms with Gasteiger partial charge in [0.15, 0.2) is 0 Å². The van der Waals surface area contributed by atoms with Crippen molar-refractivity contribution in [3.8, 4) is 0 Å². The van der Waals surface area contributed by atoms with E-state index in [1.165, 1.54) is 0 Å². The molecule has 1 aliphatic carbocycles. The van der Waals surface area contributed by atoms with Crippen molar-refractivity contribution in [1.82, 2.24) is 10.2 Å². The third-order valence-electron chi connectivity index (χ3n) is 5.51. The molecule has 0 aromatic rings. The van der Waals surface area contributed by atoms with Gasteiger partial charge < -0.3 is 15.0 Å². The van der Waals surface area contributed by atoms with Crippen LogP contribution in [0.15, 0.2) is 0 Å². The first kappa shape index (κ1) is 14.8. The molecule has 0 aromatic heterocycles. The van der Waals surface area contributed by atoms with E-state index in [4.69, 9.17) is 4.74 Å². The van der Waals surface area contributed by atoms with E-state index in [0.717, 1.165) is 45.2 Å². The number of piperidine rings is 2. The largest absolute Gasteiger partial charge is 0.466 e. The van der Waals surface area contributed by atoms with Crippen molar-refractivity contribution in [3.05, 3.63) is 0 Å². The lowest BCUT2D eigenvalue weighted by Crippen LogP contribution is -2.42. The van der Waals surface area contributed by atoms with Crippen LogP contribution in [-0.2, 0) is 14.3 Å². The summed E-state index contributed by atoms with van der Waals surface area (Å²) in [6, 6.07) is 0. The number of rotatable bonds is 3. The molecular formula is C16H26N2O3. The highest BCUT2D eigenvalue weighted by atomic mass is 16.5. The zero-order valence-corrected chi connectivity index (χ0v) is 12.9. The molecule has 3 rings (SSSR count). The third kappa shape index (κ3) is 2.93. The van der Waals surface area contributed by atoms with E-state index in [2.05, 4.69) is 5.32 Å². The predicted octanol–water partition coefficient (Wildman–Crippen LogP) is 1.18. The first-order chi connectivity index (χ1) is 10.2. The fourth-order valence-corrected chi connectivity index (χ4v) is 3.99. The zero-order chi connectivity index (χ0) is 14.9. The third-order valence-corrected chi connectivity index (χ3v) is 5.51. The van der Waals surface area contributed by atoms with E-state index in [-0.39, 0.29) is 17.8 Å². The van der Waals surface area contributed by atoms with E-state index in [9.17, 15) is 9.59 Å². The fraction of sp³-hybridized carbons (Fsp3) is 0.875. The molecule has 0 bridgehead atoms. The van der Waals surface area contributed by atoms with Crippen molar-refractivity contribution in [1.29, 1.82) is 0 Å². The second-order valence-electron chi connectivity index (χ2n) is 6.72. The van der Waals surface area contributed by atoms with Gasteiger partial charge in [-0.1, -0.05) is 0 Å². The first-order valence-corrected chi connectivity index (χ1v) is 8.32. The van der Waals surface area contributed by atoms with Gasteiger partial charge >= 0.3 is 5.97 Å². The number of nitrogens with one attached hydrogen (secondary N) is 1. The van der Waals surface area contributed by atoms with Crippen molar-refractivity contribution in [2.75, 3.05) is 32.8 Å². The Kier molecular flexibility index (Phi) is 4.20. The van der Waals surface area contributed by atoms with Gasteiger partial charge in [-0.25, -0.2) is 0 Å². The summed E-state index contributed by atoms with van der Waals surface area (Å²) in [6.07, 6.45) is 4.87. The van der Waals surface area contributed by atoms with Gasteiger partial charge in [-0.05, 0) is 57.5 Å². The number of nitrogens with zero attached hydrogens (tertiary/aromatic N) is 1. The average Bonchev–Trinajstić information content (AvgIpc) is 3.21. The lowest BCUT2D eigenvalue weighted by molar-refractivity contribution is -0.151. The summed E-state index contributed by atoms with van der Waals surface area (Å²) in [7, 11) is 0. The summed E-state index contributed by atoms with van der Waals surface area (Å²) >= 11 is 0. The number of carbonyl (C=O) groups is 2. The second-order valence-corrected chi connectivity index (χ2v) is 6.72. The van der Waals surface area contributed by atoms with Crippen LogP contribution in [0.1, 0.15) is 39.0 Å². The number of likely N-dealkylation sites (tertiary alicyclic amines) is 1. The van der Waals surface area contributed by atoms with Crippen LogP contribution in [-0.4, -0.2) is 49.6 Å². The van der Waals surface area contributed by atoms with Crippen molar-refractivity contribution in [2.24, 2.45) is 17.3 Å². The summed E-state index contributed by atoms with van der Waals surface area (Å²) in [4.78, 5) is 26.3. The van der Waals surface area contributed by atoms with Crippen LogP contribution in [0.25, 0.3) is 0 Å². The molecule has 21 heavy (non-hydrogen) atoms. The molecule has 1 atom stereocenters. The van der Waals surface area contributed by atoms with Crippen molar-refractivity contribution in [3.63, 3.8) is 0 Å². The van der Waals surface area contributed by atoms with Crippen molar-refractivity contribution >= 4 is 11.9 Å². The van der Waals surface area contributed by atoms with Crippen molar-refractivity contribution < 1.29 is 14.3 Å². The average molecular weight is 294 g/mol. The molecule has 1 unspecified atom stereocenters. The molecule has 1 amide bonds. The zero-order valence-electron chi connectivity index (χ0n) is 12.9. The van der Waals surface area contributed by atoms with Gasteiger partial charge in [0.1, 0.15) is 0 Å². The molecule has 5 heteroatoms. The van der Waals surface area contributed by atoms with Gasteiger partial charge in [0.2, 0.25) is 5.91 Å². The molecule has 2 aliphatic heterocycles. The molecule has 2 heterocycles. The molecule has 0 radical (unpaired) electrons. The Morgan fingerprint density at radius 2 is 1.90 bits per heavy atom. The Morgan fingerprint density at radius 1 is 1.24 bits per heavy atom. The van der Waals surface area contributed by atoms with E-state index < -0.39 is 0 Å². The van der Waals surface area contributed by atoms with Gasteiger partial charge in [-0.3, -0.25) is 9.59 Å². The topological polar surface area (TPSA) is 58.6 Å². The Labute approximate surface area is 126 Å². The quantitative estimate of drug-likeness (QED) is 0.794. The molecular weight excluding hydrogens is 268 g/mol. The Morgan fingerprint density at radius 3 is 2.52 bits per heavy atom.